The number of nitrogens with zero attached hydrogens (tertiary/aromatic N) is 1. The number of nitrogens with one attached hydrogen (secondary N) is 1. The molecule has 18 heavy (non-hydrogen) atoms. The summed E-state index contributed by atoms with van der Waals surface area (Å²) in [7, 11) is 0. The Balaban J connectivity index is 1.73. The standard InChI is InChI=1S/C16H32N2/c1-12(2)18-7-6-14(11-18)10-17-15-9-16(4,5)8-13(15)3/h12-15,17H,6-11H2,1-5H3. The summed E-state index contributed by atoms with van der Waals surface area (Å²) in [4.78, 5) is 2.62. The van der Waals surface area contributed by atoms with E-state index in [2.05, 4.69) is 44.8 Å². The molecule has 2 rings (SSSR count). The molecule has 0 aromatic carbocycles. The van der Waals surface area contributed by atoms with Crippen LogP contribution in [0.4, 0.5) is 0 Å². The smallest absolute Gasteiger partial charge is 0.00980 e. The predicted molar refractivity (Wildman–Crippen MR) is 78.8 cm³/mol. The highest BCUT2D eigenvalue weighted by Gasteiger charge is 2.36. The van der Waals surface area contributed by atoms with Crippen LogP contribution in [0.2, 0.25) is 0 Å². The Hall–Kier alpha value is -0.0800. The molecule has 0 aromatic heterocycles. The van der Waals surface area contributed by atoms with Gasteiger partial charge in [-0.2, -0.15) is 0 Å². The summed E-state index contributed by atoms with van der Waals surface area (Å²) >= 11 is 0. The zero-order chi connectivity index (χ0) is 13.3. The van der Waals surface area contributed by atoms with Crippen molar-refractivity contribution in [2.75, 3.05) is 19.6 Å². The maximum absolute atomic E-state index is 3.86. The Morgan fingerprint density at radius 2 is 2.00 bits per heavy atom. The molecule has 1 heterocycles. The average Bonchev–Trinajstić information content (AvgIpc) is 2.80. The van der Waals surface area contributed by atoms with Crippen molar-refractivity contribution < 1.29 is 0 Å². The molecule has 1 N–H and O–H groups in total. The van der Waals surface area contributed by atoms with Crippen LogP contribution < -0.4 is 5.32 Å². The van der Waals surface area contributed by atoms with Crippen LogP contribution in [0.5, 0.6) is 0 Å². The van der Waals surface area contributed by atoms with E-state index in [-0.39, 0.29) is 0 Å². The summed E-state index contributed by atoms with van der Waals surface area (Å²) in [5.74, 6) is 1.73. The predicted octanol–water partition coefficient (Wildman–Crippen LogP) is 3.13. The Bertz CT molecular complexity index is 272. The summed E-state index contributed by atoms with van der Waals surface area (Å²) in [5.41, 5.74) is 0.552. The van der Waals surface area contributed by atoms with E-state index in [1.54, 1.807) is 0 Å². The fraction of sp³-hybridized carbons (Fsp3) is 1.00. The molecule has 0 radical (unpaired) electrons. The van der Waals surface area contributed by atoms with E-state index in [1.165, 1.54) is 38.9 Å². The maximum atomic E-state index is 3.86. The van der Waals surface area contributed by atoms with E-state index in [1.807, 2.05) is 0 Å². The van der Waals surface area contributed by atoms with Crippen molar-refractivity contribution in [1.29, 1.82) is 0 Å². The SMILES string of the molecule is CC1CC(C)(C)CC1NCC1CCN(C(C)C)C1. The van der Waals surface area contributed by atoms with Crippen molar-refractivity contribution in [1.82, 2.24) is 10.2 Å². The third kappa shape index (κ3) is 3.48. The van der Waals surface area contributed by atoms with Gasteiger partial charge in [-0.3, -0.25) is 0 Å². The second-order valence-corrected chi connectivity index (χ2v) is 7.81. The number of hydrogen-bond donors (Lipinski definition) is 1. The van der Waals surface area contributed by atoms with E-state index < -0.39 is 0 Å². The highest BCUT2D eigenvalue weighted by molar-refractivity contribution is 4.92. The van der Waals surface area contributed by atoms with Gasteiger partial charge in [0.1, 0.15) is 0 Å². The first kappa shape index (κ1) is 14.3. The largest absolute Gasteiger partial charge is 0.313 e. The number of hydrogen-bond acceptors (Lipinski definition) is 2. The van der Waals surface area contributed by atoms with Crippen LogP contribution >= 0.6 is 0 Å². The lowest BCUT2D eigenvalue weighted by molar-refractivity contribution is 0.261. The van der Waals surface area contributed by atoms with Crippen molar-refractivity contribution in [3.63, 3.8) is 0 Å². The van der Waals surface area contributed by atoms with Crippen molar-refractivity contribution in [2.24, 2.45) is 17.3 Å². The fourth-order valence-electron chi connectivity index (χ4n) is 3.98. The van der Waals surface area contributed by atoms with Crippen LogP contribution in [0.15, 0.2) is 0 Å². The average molecular weight is 252 g/mol. The molecule has 1 saturated carbocycles. The summed E-state index contributed by atoms with van der Waals surface area (Å²) in [6.45, 7) is 15.7. The Kier molecular flexibility index (Phi) is 4.38. The third-order valence-electron chi connectivity index (χ3n) is 5.05. The molecule has 3 unspecified atom stereocenters. The minimum Gasteiger partial charge on any atom is -0.313 e. The first-order valence-corrected chi connectivity index (χ1v) is 7.85. The zero-order valence-corrected chi connectivity index (χ0v) is 13.0. The van der Waals surface area contributed by atoms with Gasteiger partial charge in [-0.25, -0.2) is 0 Å². The highest BCUT2D eigenvalue weighted by Crippen LogP contribution is 2.40. The van der Waals surface area contributed by atoms with Crippen molar-refractivity contribution in [3.8, 4) is 0 Å². The molecule has 1 saturated heterocycles. The molecule has 1 aliphatic heterocycles. The first-order valence-electron chi connectivity index (χ1n) is 7.85. The van der Waals surface area contributed by atoms with Gasteiger partial charge in [0.15, 0.2) is 0 Å². The maximum Gasteiger partial charge on any atom is 0.00980 e. The molecule has 0 aromatic rings. The van der Waals surface area contributed by atoms with Crippen LogP contribution in [-0.4, -0.2) is 36.6 Å². The summed E-state index contributed by atoms with van der Waals surface area (Å²) < 4.78 is 0. The van der Waals surface area contributed by atoms with Crippen molar-refractivity contribution >= 4 is 0 Å². The minimum atomic E-state index is 0.552. The van der Waals surface area contributed by atoms with E-state index in [9.17, 15) is 0 Å². The Morgan fingerprint density at radius 3 is 2.50 bits per heavy atom. The molecule has 106 valence electrons. The highest BCUT2D eigenvalue weighted by atomic mass is 15.2. The second-order valence-electron chi connectivity index (χ2n) is 7.81. The summed E-state index contributed by atoms with van der Waals surface area (Å²) in [5, 5.41) is 3.86. The van der Waals surface area contributed by atoms with E-state index in [0.717, 1.165) is 23.9 Å². The molecule has 2 fully saturated rings. The number of likely N-dealkylation sites (tertiary alicyclic amines) is 1. The molecule has 1 aliphatic carbocycles. The monoisotopic (exact) mass is 252 g/mol. The molecule has 2 heteroatoms. The van der Waals surface area contributed by atoms with Crippen molar-refractivity contribution in [2.45, 2.75) is 66.0 Å². The summed E-state index contributed by atoms with van der Waals surface area (Å²) in [6, 6.07) is 1.48. The molecule has 0 spiro atoms. The van der Waals surface area contributed by atoms with Crippen LogP contribution in [0, 0.1) is 17.3 Å². The van der Waals surface area contributed by atoms with E-state index in [4.69, 9.17) is 0 Å². The zero-order valence-electron chi connectivity index (χ0n) is 13.0. The Labute approximate surface area is 114 Å². The molecule has 2 aliphatic rings. The van der Waals surface area contributed by atoms with Gasteiger partial charge in [-0.05, 0) is 63.5 Å². The normalized spacial score (nSPS) is 36.7. The molecule has 3 atom stereocenters. The van der Waals surface area contributed by atoms with Crippen LogP contribution in [0.1, 0.15) is 53.9 Å². The molecule has 0 bridgehead atoms. The van der Waals surface area contributed by atoms with Gasteiger partial charge in [0.05, 0.1) is 0 Å². The minimum absolute atomic E-state index is 0.552. The second kappa shape index (κ2) is 5.50. The third-order valence-corrected chi connectivity index (χ3v) is 5.05. The number of rotatable bonds is 4. The van der Waals surface area contributed by atoms with E-state index in [0.29, 0.717) is 5.41 Å². The molecule has 0 amide bonds. The Morgan fingerprint density at radius 1 is 1.28 bits per heavy atom. The fourth-order valence-corrected chi connectivity index (χ4v) is 3.98. The molecule has 2 nitrogen and oxygen atoms in total. The first-order chi connectivity index (χ1) is 8.37. The van der Waals surface area contributed by atoms with Crippen LogP contribution in [0.25, 0.3) is 0 Å². The van der Waals surface area contributed by atoms with Gasteiger partial charge in [0.25, 0.3) is 0 Å². The van der Waals surface area contributed by atoms with Gasteiger partial charge >= 0.3 is 0 Å². The van der Waals surface area contributed by atoms with Gasteiger partial charge in [0, 0.05) is 18.6 Å². The quantitative estimate of drug-likeness (QED) is 0.827. The molecular weight excluding hydrogens is 220 g/mol. The lowest BCUT2D eigenvalue weighted by Crippen LogP contribution is -2.37. The van der Waals surface area contributed by atoms with Gasteiger partial charge in [-0.15, -0.1) is 0 Å². The topological polar surface area (TPSA) is 15.3 Å². The van der Waals surface area contributed by atoms with Gasteiger partial charge in [-0.1, -0.05) is 20.8 Å². The lowest BCUT2D eigenvalue weighted by Gasteiger charge is -2.22. The lowest BCUT2D eigenvalue weighted by atomic mass is 9.91. The van der Waals surface area contributed by atoms with Gasteiger partial charge in [0.2, 0.25) is 0 Å². The van der Waals surface area contributed by atoms with E-state index >= 15 is 0 Å². The van der Waals surface area contributed by atoms with Gasteiger partial charge < -0.3 is 10.2 Å². The van der Waals surface area contributed by atoms with Crippen LogP contribution in [0.3, 0.4) is 0 Å². The van der Waals surface area contributed by atoms with Crippen LogP contribution in [-0.2, 0) is 0 Å². The van der Waals surface area contributed by atoms with Crippen molar-refractivity contribution in [3.05, 3.63) is 0 Å². The summed E-state index contributed by atoms with van der Waals surface area (Å²) in [6.07, 6.45) is 4.12. The molecular formula is C16H32N2.